The molecule has 0 aliphatic rings. The van der Waals surface area contributed by atoms with Gasteiger partial charge in [0.2, 0.25) is 5.91 Å². The summed E-state index contributed by atoms with van der Waals surface area (Å²) in [4.78, 5) is 11.9. The van der Waals surface area contributed by atoms with E-state index in [0.29, 0.717) is 10.0 Å². The van der Waals surface area contributed by atoms with Gasteiger partial charge in [0.25, 0.3) is 0 Å². The van der Waals surface area contributed by atoms with Crippen molar-refractivity contribution in [2.75, 3.05) is 11.9 Å². The molecular formula is C16H15Cl2FN2O. The van der Waals surface area contributed by atoms with E-state index in [9.17, 15) is 9.18 Å². The maximum absolute atomic E-state index is 13.6. The summed E-state index contributed by atoms with van der Waals surface area (Å²) in [5.41, 5.74) is 1.18. The predicted molar refractivity (Wildman–Crippen MR) is 87.9 cm³/mol. The van der Waals surface area contributed by atoms with Crippen molar-refractivity contribution >= 4 is 34.8 Å². The molecular weight excluding hydrogens is 326 g/mol. The van der Waals surface area contributed by atoms with Crippen molar-refractivity contribution in [1.82, 2.24) is 5.32 Å². The minimum absolute atomic E-state index is 0.0313. The van der Waals surface area contributed by atoms with Gasteiger partial charge < -0.3 is 10.6 Å². The Hall–Kier alpha value is -1.78. The van der Waals surface area contributed by atoms with Crippen molar-refractivity contribution in [2.24, 2.45) is 0 Å². The summed E-state index contributed by atoms with van der Waals surface area (Å²) < 4.78 is 13.6. The van der Waals surface area contributed by atoms with E-state index in [0.717, 1.165) is 5.56 Å². The monoisotopic (exact) mass is 340 g/mol. The number of hydrogen-bond acceptors (Lipinski definition) is 2. The highest BCUT2D eigenvalue weighted by Crippen LogP contribution is 2.19. The lowest BCUT2D eigenvalue weighted by molar-refractivity contribution is -0.120. The summed E-state index contributed by atoms with van der Waals surface area (Å²) >= 11 is 11.5. The van der Waals surface area contributed by atoms with Crippen molar-refractivity contribution in [1.29, 1.82) is 0 Å². The highest BCUT2D eigenvalue weighted by atomic mass is 35.5. The first-order valence-corrected chi connectivity index (χ1v) is 7.45. The summed E-state index contributed by atoms with van der Waals surface area (Å²) in [5, 5.41) is 6.51. The second-order valence-corrected chi connectivity index (χ2v) is 5.69. The molecule has 0 aliphatic heterocycles. The van der Waals surface area contributed by atoms with E-state index in [1.807, 2.05) is 19.1 Å². The molecule has 0 aromatic heterocycles. The molecule has 2 aromatic rings. The van der Waals surface area contributed by atoms with Crippen LogP contribution in [0, 0.1) is 5.82 Å². The van der Waals surface area contributed by atoms with Crippen LogP contribution in [0.2, 0.25) is 10.0 Å². The fraction of sp³-hybridized carbons (Fsp3) is 0.188. The molecule has 2 aromatic carbocycles. The normalized spacial score (nSPS) is 11.8. The average Bonchev–Trinajstić information content (AvgIpc) is 2.47. The largest absolute Gasteiger partial charge is 0.374 e. The molecule has 1 unspecified atom stereocenters. The number of halogens is 3. The molecule has 0 radical (unpaired) electrons. The van der Waals surface area contributed by atoms with Gasteiger partial charge in [0.05, 0.1) is 18.3 Å². The summed E-state index contributed by atoms with van der Waals surface area (Å²) in [6, 6.07) is 11.3. The average molecular weight is 341 g/mol. The quantitative estimate of drug-likeness (QED) is 0.845. The van der Waals surface area contributed by atoms with Crippen molar-refractivity contribution in [2.45, 2.75) is 13.0 Å². The summed E-state index contributed by atoms with van der Waals surface area (Å²) in [6.07, 6.45) is 0. The molecule has 0 fully saturated rings. The molecule has 0 bridgehead atoms. The Morgan fingerprint density at radius 1 is 1.14 bits per heavy atom. The van der Waals surface area contributed by atoms with Crippen LogP contribution in [0.15, 0.2) is 42.5 Å². The molecule has 2 N–H and O–H groups in total. The van der Waals surface area contributed by atoms with Crippen molar-refractivity contribution in [3.05, 3.63) is 63.9 Å². The lowest BCUT2D eigenvalue weighted by atomic mass is 10.1. The third-order valence-corrected chi connectivity index (χ3v) is 3.61. The van der Waals surface area contributed by atoms with Gasteiger partial charge in [-0.25, -0.2) is 4.39 Å². The number of anilines is 1. The molecule has 1 atom stereocenters. The van der Waals surface area contributed by atoms with Gasteiger partial charge in [0.1, 0.15) is 5.82 Å². The van der Waals surface area contributed by atoms with E-state index in [-0.39, 0.29) is 24.2 Å². The Bertz CT molecular complexity index is 662. The molecule has 3 nitrogen and oxygen atoms in total. The molecule has 2 rings (SSSR count). The zero-order valence-corrected chi connectivity index (χ0v) is 13.4. The van der Waals surface area contributed by atoms with E-state index in [1.54, 1.807) is 18.2 Å². The maximum Gasteiger partial charge on any atom is 0.239 e. The van der Waals surface area contributed by atoms with E-state index < -0.39 is 5.82 Å². The van der Waals surface area contributed by atoms with Crippen LogP contribution in [0.3, 0.4) is 0 Å². The Kier molecular flexibility index (Phi) is 5.63. The zero-order valence-electron chi connectivity index (χ0n) is 11.9. The number of carbonyl (C=O) groups is 1. The second-order valence-electron chi connectivity index (χ2n) is 4.82. The first-order chi connectivity index (χ1) is 10.5. The van der Waals surface area contributed by atoms with Crippen LogP contribution in [0.5, 0.6) is 0 Å². The summed E-state index contributed by atoms with van der Waals surface area (Å²) in [7, 11) is 0. The Balaban J connectivity index is 1.88. The van der Waals surface area contributed by atoms with E-state index >= 15 is 0 Å². The van der Waals surface area contributed by atoms with Crippen LogP contribution in [0.25, 0.3) is 0 Å². The predicted octanol–water partition coefficient (Wildman–Crippen LogP) is 4.42. The first kappa shape index (κ1) is 16.6. The van der Waals surface area contributed by atoms with Gasteiger partial charge in [-0.05, 0) is 42.8 Å². The van der Waals surface area contributed by atoms with Crippen LogP contribution < -0.4 is 10.6 Å². The highest BCUT2D eigenvalue weighted by molar-refractivity contribution is 6.30. The lowest BCUT2D eigenvalue weighted by Crippen LogP contribution is -2.32. The fourth-order valence-electron chi connectivity index (χ4n) is 1.94. The number of amides is 1. The van der Waals surface area contributed by atoms with Crippen molar-refractivity contribution < 1.29 is 9.18 Å². The topological polar surface area (TPSA) is 41.1 Å². The Labute approximate surface area is 138 Å². The van der Waals surface area contributed by atoms with Crippen LogP contribution in [-0.2, 0) is 4.79 Å². The SMILES string of the molecule is CC(NC(=O)CNc1ccc(Cl)cc1F)c1ccc(Cl)cc1. The summed E-state index contributed by atoms with van der Waals surface area (Å²) in [5.74, 6) is -0.733. The van der Waals surface area contributed by atoms with Crippen LogP contribution >= 0.6 is 23.2 Å². The molecule has 0 spiro atoms. The van der Waals surface area contributed by atoms with Crippen LogP contribution in [0.4, 0.5) is 10.1 Å². The third kappa shape index (κ3) is 4.61. The number of carbonyl (C=O) groups excluding carboxylic acids is 1. The molecule has 22 heavy (non-hydrogen) atoms. The van der Waals surface area contributed by atoms with Gasteiger partial charge in [0.15, 0.2) is 0 Å². The van der Waals surface area contributed by atoms with Gasteiger partial charge >= 0.3 is 0 Å². The van der Waals surface area contributed by atoms with Crippen LogP contribution in [-0.4, -0.2) is 12.5 Å². The number of hydrogen-bond donors (Lipinski definition) is 2. The van der Waals surface area contributed by atoms with Gasteiger partial charge in [-0.15, -0.1) is 0 Å². The number of benzene rings is 2. The highest BCUT2D eigenvalue weighted by Gasteiger charge is 2.10. The van der Waals surface area contributed by atoms with Gasteiger partial charge in [0, 0.05) is 10.0 Å². The second kappa shape index (κ2) is 7.47. The smallest absolute Gasteiger partial charge is 0.239 e. The Morgan fingerprint density at radius 2 is 1.77 bits per heavy atom. The number of nitrogens with one attached hydrogen (secondary N) is 2. The molecule has 0 heterocycles. The minimum atomic E-state index is -0.494. The minimum Gasteiger partial charge on any atom is -0.374 e. The Morgan fingerprint density at radius 3 is 2.41 bits per heavy atom. The van der Waals surface area contributed by atoms with E-state index in [4.69, 9.17) is 23.2 Å². The van der Waals surface area contributed by atoms with Gasteiger partial charge in [-0.2, -0.15) is 0 Å². The molecule has 116 valence electrons. The maximum atomic E-state index is 13.6. The number of rotatable bonds is 5. The zero-order chi connectivity index (χ0) is 16.1. The van der Waals surface area contributed by atoms with Gasteiger partial charge in [-0.1, -0.05) is 35.3 Å². The van der Waals surface area contributed by atoms with Crippen LogP contribution in [0.1, 0.15) is 18.5 Å². The standard InChI is InChI=1S/C16H15Cl2FN2O/c1-10(11-2-4-12(17)5-3-11)21-16(22)9-20-15-7-6-13(18)8-14(15)19/h2-8,10,20H,9H2,1H3,(H,21,22). The van der Waals surface area contributed by atoms with Crippen molar-refractivity contribution in [3.63, 3.8) is 0 Å². The lowest BCUT2D eigenvalue weighted by Gasteiger charge is -2.15. The van der Waals surface area contributed by atoms with E-state index in [1.165, 1.54) is 12.1 Å². The molecule has 0 saturated carbocycles. The summed E-state index contributed by atoms with van der Waals surface area (Å²) in [6.45, 7) is 1.83. The van der Waals surface area contributed by atoms with Crippen molar-refractivity contribution in [3.8, 4) is 0 Å². The first-order valence-electron chi connectivity index (χ1n) is 6.69. The molecule has 6 heteroatoms. The molecule has 0 saturated heterocycles. The van der Waals surface area contributed by atoms with E-state index in [2.05, 4.69) is 10.6 Å². The molecule has 0 aliphatic carbocycles. The van der Waals surface area contributed by atoms with Gasteiger partial charge in [-0.3, -0.25) is 4.79 Å². The fourth-order valence-corrected chi connectivity index (χ4v) is 2.22. The third-order valence-electron chi connectivity index (χ3n) is 3.12. The molecule has 1 amide bonds.